The fourth-order valence-corrected chi connectivity index (χ4v) is 2.25. The zero-order chi connectivity index (χ0) is 14.4. The standard InChI is InChI=1S/C17H17ClO2/c1-2-20-17(19)16(12-13-6-4-3-5-7-13)14-8-10-15(18)11-9-14/h3-11,16H,2,12H2,1H3. The van der Waals surface area contributed by atoms with Gasteiger partial charge >= 0.3 is 5.97 Å². The van der Waals surface area contributed by atoms with Crippen LogP contribution in [0.25, 0.3) is 0 Å². The van der Waals surface area contributed by atoms with E-state index in [1.165, 1.54) is 0 Å². The summed E-state index contributed by atoms with van der Waals surface area (Å²) in [6.45, 7) is 2.21. The smallest absolute Gasteiger partial charge is 0.313 e. The molecule has 1 atom stereocenters. The molecule has 0 heterocycles. The summed E-state index contributed by atoms with van der Waals surface area (Å²) in [5.74, 6) is -0.492. The van der Waals surface area contributed by atoms with Gasteiger partial charge in [-0.2, -0.15) is 0 Å². The maximum atomic E-state index is 12.2. The third-order valence-corrected chi connectivity index (χ3v) is 3.38. The summed E-state index contributed by atoms with van der Waals surface area (Å²) >= 11 is 5.90. The van der Waals surface area contributed by atoms with E-state index in [0.29, 0.717) is 18.1 Å². The number of carbonyl (C=O) groups is 1. The number of hydrogen-bond acceptors (Lipinski definition) is 2. The Morgan fingerprint density at radius 1 is 1.10 bits per heavy atom. The Morgan fingerprint density at radius 2 is 1.75 bits per heavy atom. The maximum Gasteiger partial charge on any atom is 0.313 e. The summed E-state index contributed by atoms with van der Waals surface area (Å²) in [6, 6.07) is 17.3. The van der Waals surface area contributed by atoms with Crippen LogP contribution in [0.15, 0.2) is 54.6 Å². The van der Waals surface area contributed by atoms with Gasteiger partial charge in [-0.05, 0) is 36.6 Å². The fourth-order valence-electron chi connectivity index (χ4n) is 2.13. The number of benzene rings is 2. The van der Waals surface area contributed by atoms with Crippen LogP contribution in [0, 0.1) is 0 Å². The van der Waals surface area contributed by atoms with E-state index in [4.69, 9.17) is 16.3 Å². The molecule has 1 unspecified atom stereocenters. The lowest BCUT2D eigenvalue weighted by Crippen LogP contribution is -2.18. The second-order valence-electron chi connectivity index (χ2n) is 4.55. The highest BCUT2D eigenvalue weighted by molar-refractivity contribution is 6.30. The molecule has 104 valence electrons. The average molecular weight is 289 g/mol. The predicted molar refractivity (Wildman–Crippen MR) is 81.0 cm³/mol. The van der Waals surface area contributed by atoms with Crippen LogP contribution < -0.4 is 0 Å². The van der Waals surface area contributed by atoms with E-state index in [2.05, 4.69) is 0 Å². The normalized spacial score (nSPS) is 11.9. The second-order valence-corrected chi connectivity index (χ2v) is 4.98. The minimum absolute atomic E-state index is 0.196. The molecular formula is C17H17ClO2. The predicted octanol–water partition coefficient (Wildman–Crippen LogP) is 4.23. The molecule has 20 heavy (non-hydrogen) atoms. The highest BCUT2D eigenvalue weighted by Gasteiger charge is 2.22. The molecule has 2 nitrogen and oxygen atoms in total. The fraction of sp³-hybridized carbons (Fsp3) is 0.235. The maximum absolute atomic E-state index is 12.2. The van der Waals surface area contributed by atoms with Crippen molar-refractivity contribution in [3.63, 3.8) is 0 Å². The summed E-state index contributed by atoms with van der Waals surface area (Å²) in [5, 5.41) is 0.663. The molecule has 0 saturated heterocycles. The Kier molecular flexibility index (Phi) is 5.19. The van der Waals surface area contributed by atoms with Gasteiger partial charge in [0.1, 0.15) is 0 Å². The van der Waals surface area contributed by atoms with Gasteiger partial charge in [-0.1, -0.05) is 54.1 Å². The van der Waals surface area contributed by atoms with Gasteiger partial charge in [0.2, 0.25) is 0 Å². The van der Waals surface area contributed by atoms with Gasteiger partial charge in [0.15, 0.2) is 0 Å². The topological polar surface area (TPSA) is 26.3 Å². The van der Waals surface area contributed by atoms with Crippen LogP contribution in [0.3, 0.4) is 0 Å². The summed E-state index contributed by atoms with van der Waals surface area (Å²) in [6.07, 6.45) is 0.626. The van der Waals surface area contributed by atoms with Crippen LogP contribution in [0.4, 0.5) is 0 Å². The first-order chi connectivity index (χ1) is 9.70. The van der Waals surface area contributed by atoms with Crippen LogP contribution in [-0.4, -0.2) is 12.6 Å². The second kappa shape index (κ2) is 7.11. The largest absolute Gasteiger partial charge is 0.466 e. The van der Waals surface area contributed by atoms with Crippen molar-refractivity contribution >= 4 is 17.6 Å². The van der Waals surface area contributed by atoms with Gasteiger partial charge in [-0.15, -0.1) is 0 Å². The summed E-state index contributed by atoms with van der Waals surface area (Å²) in [5.41, 5.74) is 2.04. The van der Waals surface area contributed by atoms with E-state index in [9.17, 15) is 4.79 Å². The Balaban J connectivity index is 2.25. The van der Waals surface area contributed by atoms with E-state index in [1.807, 2.05) is 49.4 Å². The molecule has 0 fully saturated rings. The summed E-state index contributed by atoms with van der Waals surface area (Å²) in [4.78, 5) is 12.2. The number of hydrogen-bond donors (Lipinski definition) is 0. The number of halogens is 1. The monoisotopic (exact) mass is 288 g/mol. The van der Waals surface area contributed by atoms with Crippen molar-refractivity contribution in [2.24, 2.45) is 0 Å². The van der Waals surface area contributed by atoms with E-state index in [1.54, 1.807) is 12.1 Å². The minimum Gasteiger partial charge on any atom is -0.466 e. The lowest BCUT2D eigenvalue weighted by atomic mass is 9.92. The molecule has 0 radical (unpaired) electrons. The lowest BCUT2D eigenvalue weighted by molar-refractivity contribution is -0.144. The van der Waals surface area contributed by atoms with Crippen LogP contribution in [0.2, 0.25) is 5.02 Å². The molecule has 0 spiro atoms. The van der Waals surface area contributed by atoms with Gasteiger partial charge in [-0.3, -0.25) is 4.79 Å². The number of ether oxygens (including phenoxy) is 1. The van der Waals surface area contributed by atoms with Crippen molar-refractivity contribution in [2.45, 2.75) is 19.3 Å². The highest BCUT2D eigenvalue weighted by atomic mass is 35.5. The minimum atomic E-state index is -0.297. The summed E-state index contributed by atoms with van der Waals surface area (Å²) < 4.78 is 5.19. The number of esters is 1. The molecular weight excluding hydrogens is 272 g/mol. The molecule has 2 aromatic carbocycles. The third kappa shape index (κ3) is 3.84. The van der Waals surface area contributed by atoms with E-state index in [0.717, 1.165) is 11.1 Å². The van der Waals surface area contributed by atoms with Crippen molar-refractivity contribution in [2.75, 3.05) is 6.61 Å². The van der Waals surface area contributed by atoms with E-state index < -0.39 is 0 Å². The Labute approximate surface area is 124 Å². The molecule has 0 amide bonds. The van der Waals surface area contributed by atoms with Gasteiger partial charge in [0.05, 0.1) is 12.5 Å². The van der Waals surface area contributed by atoms with Gasteiger partial charge < -0.3 is 4.74 Å². The Hall–Kier alpha value is -1.80. The molecule has 0 bridgehead atoms. The van der Waals surface area contributed by atoms with Crippen LogP contribution in [0.5, 0.6) is 0 Å². The average Bonchev–Trinajstić information content (AvgIpc) is 2.47. The van der Waals surface area contributed by atoms with Crippen molar-refractivity contribution < 1.29 is 9.53 Å². The molecule has 0 saturated carbocycles. The van der Waals surface area contributed by atoms with Gasteiger partial charge in [0, 0.05) is 5.02 Å². The van der Waals surface area contributed by atoms with Gasteiger partial charge in [0.25, 0.3) is 0 Å². The third-order valence-electron chi connectivity index (χ3n) is 3.13. The quantitative estimate of drug-likeness (QED) is 0.770. The molecule has 2 rings (SSSR count). The van der Waals surface area contributed by atoms with E-state index in [-0.39, 0.29) is 11.9 Å². The number of carbonyl (C=O) groups excluding carboxylic acids is 1. The zero-order valence-electron chi connectivity index (χ0n) is 11.4. The van der Waals surface area contributed by atoms with Crippen molar-refractivity contribution in [1.82, 2.24) is 0 Å². The van der Waals surface area contributed by atoms with Crippen LogP contribution in [0.1, 0.15) is 24.0 Å². The molecule has 0 aliphatic carbocycles. The first kappa shape index (κ1) is 14.6. The first-order valence-corrected chi connectivity index (χ1v) is 7.04. The number of rotatable bonds is 5. The van der Waals surface area contributed by atoms with Crippen molar-refractivity contribution in [3.05, 3.63) is 70.7 Å². The Morgan fingerprint density at radius 3 is 2.35 bits per heavy atom. The molecule has 2 aromatic rings. The first-order valence-electron chi connectivity index (χ1n) is 6.66. The molecule has 0 aliphatic heterocycles. The van der Waals surface area contributed by atoms with Crippen LogP contribution >= 0.6 is 11.6 Å². The Bertz CT molecular complexity index is 549. The van der Waals surface area contributed by atoms with Crippen molar-refractivity contribution in [1.29, 1.82) is 0 Å². The molecule has 0 aliphatic rings. The summed E-state index contributed by atoms with van der Waals surface area (Å²) in [7, 11) is 0. The highest BCUT2D eigenvalue weighted by Crippen LogP contribution is 2.24. The lowest BCUT2D eigenvalue weighted by Gasteiger charge is -2.16. The van der Waals surface area contributed by atoms with Crippen LogP contribution in [-0.2, 0) is 16.0 Å². The van der Waals surface area contributed by atoms with E-state index >= 15 is 0 Å². The van der Waals surface area contributed by atoms with Gasteiger partial charge in [-0.25, -0.2) is 0 Å². The van der Waals surface area contributed by atoms with Crippen molar-refractivity contribution in [3.8, 4) is 0 Å². The molecule has 3 heteroatoms. The molecule has 0 N–H and O–H groups in total. The molecule has 0 aromatic heterocycles. The SMILES string of the molecule is CCOC(=O)C(Cc1ccccc1)c1ccc(Cl)cc1. The zero-order valence-corrected chi connectivity index (χ0v) is 12.1.